The summed E-state index contributed by atoms with van der Waals surface area (Å²) in [5, 5.41) is 3.64. The zero-order valence-electron chi connectivity index (χ0n) is 10.6. The van der Waals surface area contributed by atoms with Crippen LogP contribution in [0.4, 0.5) is 0 Å². The Balaban J connectivity index is 2.00. The second-order valence-electron chi connectivity index (χ2n) is 4.71. The van der Waals surface area contributed by atoms with Gasteiger partial charge >= 0.3 is 0 Å². The maximum Gasteiger partial charge on any atom is 0.0701 e. The lowest BCUT2D eigenvalue weighted by Crippen LogP contribution is -2.55. The van der Waals surface area contributed by atoms with Gasteiger partial charge in [-0.1, -0.05) is 13.8 Å². The van der Waals surface area contributed by atoms with Crippen molar-refractivity contribution >= 4 is 27.3 Å². The zero-order valence-corrected chi connectivity index (χ0v) is 13.0. The van der Waals surface area contributed by atoms with Crippen LogP contribution in [0.15, 0.2) is 15.9 Å². The first kappa shape index (κ1) is 13.5. The molecule has 0 amide bonds. The van der Waals surface area contributed by atoms with Crippen LogP contribution in [-0.4, -0.2) is 30.1 Å². The molecule has 2 atom stereocenters. The summed E-state index contributed by atoms with van der Waals surface area (Å²) in [7, 11) is 0. The minimum atomic E-state index is 0.668. The lowest BCUT2D eigenvalue weighted by molar-refractivity contribution is 0.118. The van der Waals surface area contributed by atoms with Crippen LogP contribution in [0.2, 0.25) is 0 Å². The van der Waals surface area contributed by atoms with Gasteiger partial charge in [-0.15, -0.1) is 11.3 Å². The molecule has 4 heteroatoms. The fraction of sp³-hybridized carbons (Fsp3) is 0.692. The molecule has 0 radical (unpaired) electrons. The monoisotopic (exact) mass is 316 g/mol. The molecule has 1 aromatic heterocycles. The molecular formula is C13H21BrN2S. The van der Waals surface area contributed by atoms with Crippen LogP contribution in [0, 0.1) is 0 Å². The van der Waals surface area contributed by atoms with Gasteiger partial charge in [-0.25, -0.2) is 0 Å². The smallest absolute Gasteiger partial charge is 0.0701 e. The standard InChI is InChI=1S/C13H21BrN2S/c1-3-10-8-16(11(4-2)7-15-10)9-12-5-6-13(14)17-12/h5-6,10-11,15H,3-4,7-9H2,1-2H3. The third kappa shape index (κ3) is 3.53. The molecule has 0 bridgehead atoms. The Morgan fingerprint density at radius 2 is 2.24 bits per heavy atom. The number of halogens is 1. The second kappa shape index (κ2) is 6.32. The maximum absolute atomic E-state index is 3.64. The van der Waals surface area contributed by atoms with E-state index >= 15 is 0 Å². The first-order chi connectivity index (χ1) is 8.22. The van der Waals surface area contributed by atoms with Crippen LogP contribution in [0.5, 0.6) is 0 Å². The minimum Gasteiger partial charge on any atom is -0.311 e. The molecule has 1 aliphatic rings. The summed E-state index contributed by atoms with van der Waals surface area (Å²) in [6, 6.07) is 5.75. The van der Waals surface area contributed by atoms with Crippen molar-refractivity contribution in [2.24, 2.45) is 0 Å². The topological polar surface area (TPSA) is 15.3 Å². The molecule has 96 valence electrons. The van der Waals surface area contributed by atoms with Crippen molar-refractivity contribution in [1.29, 1.82) is 0 Å². The Bertz CT molecular complexity index is 353. The van der Waals surface area contributed by atoms with Crippen LogP contribution >= 0.6 is 27.3 Å². The zero-order chi connectivity index (χ0) is 12.3. The van der Waals surface area contributed by atoms with Crippen molar-refractivity contribution in [2.45, 2.75) is 45.3 Å². The molecule has 1 aromatic rings. The van der Waals surface area contributed by atoms with Crippen LogP contribution in [-0.2, 0) is 6.54 Å². The molecule has 0 aliphatic carbocycles. The highest BCUT2D eigenvalue weighted by atomic mass is 79.9. The van der Waals surface area contributed by atoms with Crippen molar-refractivity contribution in [3.05, 3.63) is 20.8 Å². The molecule has 2 nitrogen and oxygen atoms in total. The number of hydrogen-bond acceptors (Lipinski definition) is 3. The number of nitrogens with zero attached hydrogens (tertiary/aromatic N) is 1. The molecule has 1 N–H and O–H groups in total. The highest BCUT2D eigenvalue weighted by Gasteiger charge is 2.25. The van der Waals surface area contributed by atoms with E-state index in [1.807, 2.05) is 11.3 Å². The molecule has 0 saturated carbocycles. The van der Waals surface area contributed by atoms with E-state index in [1.165, 1.54) is 28.0 Å². The first-order valence-electron chi connectivity index (χ1n) is 6.44. The molecule has 17 heavy (non-hydrogen) atoms. The largest absolute Gasteiger partial charge is 0.311 e. The van der Waals surface area contributed by atoms with Gasteiger partial charge in [-0.05, 0) is 40.9 Å². The fourth-order valence-corrected chi connectivity index (χ4v) is 3.94. The van der Waals surface area contributed by atoms with E-state index in [1.54, 1.807) is 0 Å². The molecule has 0 spiro atoms. The molecular weight excluding hydrogens is 296 g/mol. The van der Waals surface area contributed by atoms with Gasteiger partial charge in [0.15, 0.2) is 0 Å². The minimum absolute atomic E-state index is 0.668. The van der Waals surface area contributed by atoms with Gasteiger partial charge in [0.1, 0.15) is 0 Å². The maximum atomic E-state index is 3.64. The molecule has 0 aromatic carbocycles. The lowest BCUT2D eigenvalue weighted by atomic mass is 10.1. The summed E-state index contributed by atoms with van der Waals surface area (Å²) in [5.74, 6) is 0. The lowest BCUT2D eigenvalue weighted by Gasteiger charge is -2.39. The van der Waals surface area contributed by atoms with Gasteiger partial charge in [0, 0.05) is 36.6 Å². The van der Waals surface area contributed by atoms with E-state index in [0.29, 0.717) is 12.1 Å². The fourth-order valence-electron chi connectivity index (χ4n) is 2.44. The van der Waals surface area contributed by atoms with Crippen LogP contribution in [0.3, 0.4) is 0 Å². The number of thiophene rings is 1. The average molecular weight is 317 g/mol. The normalized spacial score (nSPS) is 26.3. The summed E-state index contributed by atoms with van der Waals surface area (Å²) in [4.78, 5) is 4.11. The van der Waals surface area contributed by atoms with Crippen molar-refractivity contribution in [3.63, 3.8) is 0 Å². The first-order valence-corrected chi connectivity index (χ1v) is 8.05. The number of nitrogens with one attached hydrogen (secondary N) is 1. The molecule has 2 unspecified atom stereocenters. The Labute approximate surface area is 117 Å². The van der Waals surface area contributed by atoms with Crippen molar-refractivity contribution < 1.29 is 0 Å². The second-order valence-corrected chi connectivity index (χ2v) is 7.26. The van der Waals surface area contributed by atoms with Gasteiger partial charge in [0.25, 0.3) is 0 Å². The van der Waals surface area contributed by atoms with Crippen LogP contribution in [0.25, 0.3) is 0 Å². The van der Waals surface area contributed by atoms with E-state index in [-0.39, 0.29) is 0 Å². The molecule has 1 saturated heterocycles. The van der Waals surface area contributed by atoms with Crippen molar-refractivity contribution in [3.8, 4) is 0 Å². The van der Waals surface area contributed by atoms with Gasteiger partial charge in [0.2, 0.25) is 0 Å². The van der Waals surface area contributed by atoms with E-state index in [9.17, 15) is 0 Å². The van der Waals surface area contributed by atoms with Crippen LogP contribution in [0.1, 0.15) is 31.6 Å². The predicted molar refractivity (Wildman–Crippen MR) is 78.6 cm³/mol. The van der Waals surface area contributed by atoms with Gasteiger partial charge in [0.05, 0.1) is 3.79 Å². The van der Waals surface area contributed by atoms with Gasteiger partial charge < -0.3 is 5.32 Å². The predicted octanol–water partition coefficient (Wildman–Crippen LogP) is 3.47. The SMILES string of the molecule is CCC1CN(Cc2ccc(Br)s2)C(CC)CN1. The molecule has 1 aliphatic heterocycles. The van der Waals surface area contributed by atoms with Crippen molar-refractivity contribution in [2.75, 3.05) is 13.1 Å². The van der Waals surface area contributed by atoms with Gasteiger partial charge in [-0.3, -0.25) is 4.90 Å². The Hall–Kier alpha value is 0.1000. The van der Waals surface area contributed by atoms with Crippen LogP contribution < -0.4 is 5.32 Å². The van der Waals surface area contributed by atoms with E-state index in [2.05, 4.69) is 52.1 Å². The summed E-state index contributed by atoms with van der Waals surface area (Å²) >= 11 is 5.40. The number of rotatable bonds is 4. The Morgan fingerprint density at radius 1 is 1.41 bits per heavy atom. The number of piperazine rings is 1. The summed E-state index contributed by atoms with van der Waals surface area (Å²) in [5.41, 5.74) is 0. The molecule has 2 rings (SSSR count). The Kier molecular flexibility index (Phi) is 5.03. The molecule has 2 heterocycles. The summed E-state index contributed by atoms with van der Waals surface area (Å²) < 4.78 is 1.24. The average Bonchev–Trinajstić information content (AvgIpc) is 2.74. The van der Waals surface area contributed by atoms with E-state index in [0.717, 1.165) is 13.1 Å². The number of hydrogen-bond donors (Lipinski definition) is 1. The van der Waals surface area contributed by atoms with E-state index < -0.39 is 0 Å². The van der Waals surface area contributed by atoms with E-state index in [4.69, 9.17) is 0 Å². The quantitative estimate of drug-likeness (QED) is 0.915. The highest BCUT2D eigenvalue weighted by molar-refractivity contribution is 9.11. The van der Waals surface area contributed by atoms with Crippen molar-refractivity contribution in [1.82, 2.24) is 10.2 Å². The summed E-state index contributed by atoms with van der Waals surface area (Å²) in [6.45, 7) is 7.98. The Morgan fingerprint density at radius 3 is 2.82 bits per heavy atom. The van der Waals surface area contributed by atoms with Gasteiger partial charge in [-0.2, -0.15) is 0 Å². The highest BCUT2D eigenvalue weighted by Crippen LogP contribution is 2.25. The summed E-state index contributed by atoms with van der Waals surface area (Å²) in [6.07, 6.45) is 2.46. The third-order valence-electron chi connectivity index (χ3n) is 3.57. The molecule has 1 fully saturated rings. The third-order valence-corrected chi connectivity index (χ3v) is 5.17.